The molecule has 0 radical (unpaired) electrons. The maximum absolute atomic E-state index is 5.72. The lowest BCUT2D eigenvalue weighted by molar-refractivity contribution is 1.06. The Kier molecular flexibility index (Phi) is 3.23. The fourth-order valence-electron chi connectivity index (χ4n) is 1.20. The van der Waals surface area contributed by atoms with E-state index in [4.69, 9.17) is 11.5 Å². The minimum Gasteiger partial charge on any atom is -0.383 e. The molecule has 2 heterocycles. The van der Waals surface area contributed by atoms with Crippen LogP contribution in [0.1, 0.15) is 4.88 Å². The minimum absolute atomic E-state index is 0.189. The van der Waals surface area contributed by atoms with Crippen LogP contribution in [0.15, 0.2) is 35.7 Å². The highest BCUT2D eigenvalue weighted by Crippen LogP contribution is 2.24. The highest BCUT2D eigenvalue weighted by Gasteiger charge is 2.06. The lowest BCUT2D eigenvalue weighted by atomic mass is 10.3. The van der Waals surface area contributed by atoms with Crippen LogP contribution < -0.4 is 11.5 Å². The van der Waals surface area contributed by atoms with Crippen molar-refractivity contribution in [2.24, 2.45) is 16.5 Å². The minimum atomic E-state index is 0.189. The average molecular weight is 233 g/mol. The molecule has 5 nitrogen and oxygen atoms in total. The lowest BCUT2D eigenvalue weighted by Gasteiger charge is -1.94. The summed E-state index contributed by atoms with van der Waals surface area (Å²) in [7, 11) is 0. The first-order chi connectivity index (χ1) is 7.81. The summed E-state index contributed by atoms with van der Waals surface area (Å²) in [6.07, 6.45) is 5.16. The van der Waals surface area contributed by atoms with Crippen LogP contribution in [0, 0.1) is 0 Å². The van der Waals surface area contributed by atoms with Gasteiger partial charge in [0.15, 0.2) is 0 Å². The number of hydrogen-bond acceptors (Lipinski definition) is 5. The molecule has 4 N–H and O–H groups in total. The van der Waals surface area contributed by atoms with Gasteiger partial charge in [-0.05, 0) is 12.1 Å². The third kappa shape index (κ3) is 2.23. The number of pyridine rings is 1. The van der Waals surface area contributed by atoms with Gasteiger partial charge in [0.2, 0.25) is 0 Å². The molecule has 0 saturated carbocycles. The first-order valence-electron chi connectivity index (χ1n) is 4.68. The van der Waals surface area contributed by atoms with Crippen molar-refractivity contribution in [1.82, 2.24) is 9.97 Å². The van der Waals surface area contributed by atoms with Crippen LogP contribution in [0.5, 0.6) is 0 Å². The van der Waals surface area contributed by atoms with E-state index in [1.807, 2.05) is 12.1 Å². The molecule has 0 aliphatic rings. The fourth-order valence-corrected chi connectivity index (χ4v) is 2.04. The van der Waals surface area contributed by atoms with E-state index in [2.05, 4.69) is 15.0 Å². The number of rotatable bonds is 3. The molecule has 0 bridgehead atoms. The highest BCUT2D eigenvalue weighted by molar-refractivity contribution is 7.17. The highest BCUT2D eigenvalue weighted by atomic mass is 32.1. The number of nitrogens with two attached hydrogens (primary N) is 2. The molecule has 2 aromatic heterocycles. The van der Waals surface area contributed by atoms with Crippen LogP contribution >= 0.6 is 11.3 Å². The van der Waals surface area contributed by atoms with Gasteiger partial charge in [-0.15, -0.1) is 11.3 Å². The van der Waals surface area contributed by atoms with E-state index in [0.717, 1.165) is 15.4 Å². The third-order valence-corrected chi connectivity index (χ3v) is 3.02. The van der Waals surface area contributed by atoms with Gasteiger partial charge in [-0.1, -0.05) is 0 Å². The summed E-state index contributed by atoms with van der Waals surface area (Å²) in [6, 6.07) is 3.80. The van der Waals surface area contributed by atoms with Gasteiger partial charge >= 0.3 is 0 Å². The van der Waals surface area contributed by atoms with Crippen molar-refractivity contribution in [3.05, 3.63) is 35.6 Å². The monoisotopic (exact) mass is 233 g/mol. The second kappa shape index (κ2) is 4.82. The largest absolute Gasteiger partial charge is 0.383 e. The van der Waals surface area contributed by atoms with Crippen LogP contribution in [0.4, 0.5) is 0 Å². The molecule has 2 aromatic rings. The Morgan fingerprint density at radius 2 is 2.12 bits per heavy atom. The molecule has 0 aliphatic heterocycles. The van der Waals surface area contributed by atoms with E-state index in [1.54, 1.807) is 18.6 Å². The maximum Gasteiger partial charge on any atom is 0.138 e. The van der Waals surface area contributed by atoms with Crippen LogP contribution in [0.3, 0.4) is 0 Å². The Morgan fingerprint density at radius 3 is 2.81 bits per heavy atom. The van der Waals surface area contributed by atoms with E-state index >= 15 is 0 Å². The Bertz CT molecular complexity index is 491. The first-order valence-corrected chi connectivity index (χ1v) is 5.49. The van der Waals surface area contributed by atoms with Crippen molar-refractivity contribution in [2.75, 3.05) is 6.67 Å². The molecule has 0 aromatic carbocycles. The second-order valence-electron chi connectivity index (χ2n) is 2.99. The van der Waals surface area contributed by atoms with Crippen molar-refractivity contribution >= 4 is 17.2 Å². The predicted octanol–water partition coefficient (Wildman–Crippen LogP) is 0.827. The standard InChI is InChI=1S/C10H11N5S/c11-6-15-9(12)8-5-14-10(16-8)7-1-3-13-4-2-7/h1-5H,6,11H2,(H2,12,15). The van der Waals surface area contributed by atoms with Gasteiger partial charge < -0.3 is 11.5 Å². The van der Waals surface area contributed by atoms with Crippen molar-refractivity contribution < 1.29 is 0 Å². The van der Waals surface area contributed by atoms with Crippen LogP contribution in [-0.4, -0.2) is 22.5 Å². The number of aromatic nitrogens is 2. The Labute approximate surface area is 96.9 Å². The lowest BCUT2D eigenvalue weighted by Crippen LogP contribution is -2.14. The summed E-state index contributed by atoms with van der Waals surface area (Å²) in [6.45, 7) is 0.189. The van der Waals surface area contributed by atoms with E-state index < -0.39 is 0 Å². The first kappa shape index (κ1) is 10.7. The number of amidine groups is 1. The Morgan fingerprint density at radius 1 is 1.38 bits per heavy atom. The van der Waals surface area contributed by atoms with E-state index in [0.29, 0.717) is 5.84 Å². The van der Waals surface area contributed by atoms with Gasteiger partial charge in [0, 0.05) is 24.2 Å². The van der Waals surface area contributed by atoms with E-state index in [9.17, 15) is 0 Å². The molecule has 0 fully saturated rings. The number of nitrogens with zero attached hydrogens (tertiary/aromatic N) is 3. The normalized spacial score (nSPS) is 11.7. The quantitative estimate of drug-likeness (QED) is 0.606. The van der Waals surface area contributed by atoms with Crippen molar-refractivity contribution in [1.29, 1.82) is 0 Å². The molecule has 0 spiro atoms. The molecular weight excluding hydrogens is 222 g/mol. The molecule has 0 unspecified atom stereocenters. The number of aliphatic imine (C=N–C) groups is 1. The third-order valence-electron chi connectivity index (χ3n) is 1.95. The SMILES string of the molecule is NC/N=C(\N)c1cnc(-c2ccncc2)s1. The molecular formula is C10H11N5S. The molecule has 0 aliphatic carbocycles. The molecule has 82 valence electrons. The topological polar surface area (TPSA) is 90.2 Å². The zero-order chi connectivity index (χ0) is 11.4. The molecule has 0 amide bonds. The smallest absolute Gasteiger partial charge is 0.138 e. The summed E-state index contributed by atoms with van der Waals surface area (Å²) >= 11 is 1.48. The van der Waals surface area contributed by atoms with Gasteiger partial charge in [-0.25, -0.2) is 4.98 Å². The fraction of sp³-hybridized carbons (Fsp3) is 0.100. The maximum atomic E-state index is 5.72. The molecule has 0 atom stereocenters. The van der Waals surface area contributed by atoms with E-state index in [-0.39, 0.29) is 6.67 Å². The summed E-state index contributed by atoms with van der Waals surface area (Å²) in [5.74, 6) is 0.431. The predicted molar refractivity (Wildman–Crippen MR) is 65.1 cm³/mol. The number of hydrogen-bond donors (Lipinski definition) is 2. The summed E-state index contributed by atoms with van der Waals surface area (Å²) in [5, 5.41) is 0.896. The Hall–Kier alpha value is -1.79. The van der Waals surface area contributed by atoms with Gasteiger partial charge in [-0.3, -0.25) is 9.98 Å². The summed E-state index contributed by atoms with van der Waals surface area (Å²) in [5.41, 5.74) is 12.0. The molecule has 0 saturated heterocycles. The van der Waals surface area contributed by atoms with Crippen molar-refractivity contribution in [3.8, 4) is 10.6 Å². The zero-order valence-corrected chi connectivity index (χ0v) is 9.31. The van der Waals surface area contributed by atoms with Gasteiger partial charge in [0.1, 0.15) is 10.8 Å². The summed E-state index contributed by atoms with van der Waals surface area (Å²) < 4.78 is 0. The molecule has 6 heteroatoms. The van der Waals surface area contributed by atoms with Crippen LogP contribution in [-0.2, 0) is 0 Å². The number of thiazole rings is 1. The van der Waals surface area contributed by atoms with Gasteiger partial charge in [-0.2, -0.15) is 0 Å². The van der Waals surface area contributed by atoms with Gasteiger partial charge in [0.25, 0.3) is 0 Å². The van der Waals surface area contributed by atoms with Crippen LogP contribution in [0.2, 0.25) is 0 Å². The Balaban J connectivity index is 2.30. The van der Waals surface area contributed by atoms with Gasteiger partial charge in [0.05, 0.1) is 11.5 Å². The summed E-state index contributed by atoms with van der Waals surface area (Å²) in [4.78, 5) is 13.0. The molecule has 16 heavy (non-hydrogen) atoms. The van der Waals surface area contributed by atoms with Crippen molar-refractivity contribution in [2.45, 2.75) is 0 Å². The second-order valence-corrected chi connectivity index (χ2v) is 4.02. The van der Waals surface area contributed by atoms with Crippen LogP contribution in [0.25, 0.3) is 10.6 Å². The van der Waals surface area contributed by atoms with Crippen molar-refractivity contribution in [3.63, 3.8) is 0 Å². The molecule has 2 rings (SSSR count). The van der Waals surface area contributed by atoms with E-state index in [1.165, 1.54) is 11.3 Å². The zero-order valence-electron chi connectivity index (χ0n) is 8.50. The average Bonchev–Trinajstić information content (AvgIpc) is 2.80.